The second-order valence-corrected chi connectivity index (χ2v) is 2.01. The molecule has 0 radical (unpaired) electrons. The van der Waals surface area contributed by atoms with Gasteiger partial charge in [-0.2, -0.15) is 0 Å². The molecule has 10 heavy (non-hydrogen) atoms. The Balaban J connectivity index is 3.46. The number of methoxy groups -OCH3 is 1. The van der Waals surface area contributed by atoms with Crippen LogP contribution in [0.3, 0.4) is 0 Å². The molecule has 3 nitrogen and oxygen atoms in total. The van der Waals surface area contributed by atoms with Gasteiger partial charge in [0, 0.05) is 6.08 Å². The summed E-state index contributed by atoms with van der Waals surface area (Å²) in [7, 11) is 1.31. The van der Waals surface area contributed by atoms with Crippen molar-refractivity contribution in [3.8, 4) is 0 Å². The van der Waals surface area contributed by atoms with E-state index < -0.39 is 6.10 Å². The monoisotopic (exact) mass is 144 g/mol. The summed E-state index contributed by atoms with van der Waals surface area (Å²) in [6, 6.07) is 0. The lowest BCUT2D eigenvalue weighted by Crippen LogP contribution is -1.98. The van der Waals surface area contributed by atoms with Crippen molar-refractivity contribution in [1.82, 2.24) is 0 Å². The molecule has 0 aliphatic carbocycles. The number of carbonyl (C=O) groups excluding carboxylic acids is 1. The van der Waals surface area contributed by atoms with Gasteiger partial charge in [-0.15, -0.1) is 0 Å². The summed E-state index contributed by atoms with van der Waals surface area (Å²) >= 11 is 0. The fourth-order valence-corrected chi connectivity index (χ4v) is 0.429. The molecule has 0 saturated carbocycles. The smallest absolute Gasteiger partial charge is 0.330 e. The van der Waals surface area contributed by atoms with Crippen LogP contribution in [0.15, 0.2) is 12.2 Å². The van der Waals surface area contributed by atoms with Crippen LogP contribution in [0.2, 0.25) is 0 Å². The van der Waals surface area contributed by atoms with Crippen LogP contribution in [0.4, 0.5) is 0 Å². The first-order valence-electron chi connectivity index (χ1n) is 3.09. The zero-order valence-electron chi connectivity index (χ0n) is 6.20. The molecular weight excluding hydrogens is 132 g/mol. The van der Waals surface area contributed by atoms with E-state index in [2.05, 4.69) is 4.74 Å². The predicted molar refractivity (Wildman–Crippen MR) is 37.5 cm³/mol. The summed E-state index contributed by atoms with van der Waals surface area (Å²) in [4.78, 5) is 10.4. The number of hydrogen-bond donors (Lipinski definition) is 1. The number of hydrogen-bond acceptors (Lipinski definition) is 3. The average molecular weight is 144 g/mol. The lowest BCUT2D eigenvalue weighted by molar-refractivity contribution is -0.134. The van der Waals surface area contributed by atoms with E-state index in [0.29, 0.717) is 6.42 Å². The maximum absolute atomic E-state index is 10.4. The molecule has 0 saturated heterocycles. The van der Waals surface area contributed by atoms with Crippen LogP contribution in [-0.2, 0) is 9.53 Å². The minimum Gasteiger partial charge on any atom is -0.466 e. The number of esters is 1. The Morgan fingerprint density at radius 2 is 2.40 bits per heavy atom. The Labute approximate surface area is 60.3 Å². The van der Waals surface area contributed by atoms with Gasteiger partial charge in [0.15, 0.2) is 0 Å². The number of carbonyl (C=O) groups is 1. The van der Waals surface area contributed by atoms with E-state index in [0.717, 1.165) is 0 Å². The van der Waals surface area contributed by atoms with Gasteiger partial charge in [0.25, 0.3) is 0 Å². The fraction of sp³-hybridized carbons (Fsp3) is 0.571. The SMILES string of the molecule is COC(=O)/C=C/C[C@H](C)O. The van der Waals surface area contributed by atoms with Crippen LogP contribution in [0.1, 0.15) is 13.3 Å². The van der Waals surface area contributed by atoms with E-state index in [9.17, 15) is 4.79 Å². The molecule has 3 heteroatoms. The van der Waals surface area contributed by atoms with Crippen molar-refractivity contribution in [2.24, 2.45) is 0 Å². The standard InChI is InChI=1S/C7H12O3/c1-6(8)4-3-5-7(9)10-2/h3,5-6,8H,4H2,1-2H3/b5-3+/t6-/m0/s1. The van der Waals surface area contributed by atoms with Gasteiger partial charge in [-0.3, -0.25) is 0 Å². The third kappa shape index (κ3) is 5.31. The predicted octanol–water partition coefficient (Wildman–Crippen LogP) is 0.486. The van der Waals surface area contributed by atoms with Crippen LogP contribution in [-0.4, -0.2) is 24.3 Å². The topological polar surface area (TPSA) is 46.5 Å². The maximum Gasteiger partial charge on any atom is 0.330 e. The molecule has 0 bridgehead atoms. The van der Waals surface area contributed by atoms with Gasteiger partial charge in [-0.1, -0.05) is 6.08 Å². The summed E-state index contributed by atoms with van der Waals surface area (Å²) in [5, 5.41) is 8.73. The maximum atomic E-state index is 10.4. The van der Waals surface area contributed by atoms with Gasteiger partial charge in [0.05, 0.1) is 13.2 Å². The third-order valence-corrected chi connectivity index (χ3v) is 0.932. The zero-order chi connectivity index (χ0) is 7.98. The molecule has 1 N–H and O–H groups in total. The van der Waals surface area contributed by atoms with Crippen molar-refractivity contribution in [3.63, 3.8) is 0 Å². The second-order valence-electron chi connectivity index (χ2n) is 2.01. The lowest BCUT2D eigenvalue weighted by Gasteiger charge is -1.95. The molecule has 0 rings (SSSR count). The van der Waals surface area contributed by atoms with Crippen molar-refractivity contribution in [1.29, 1.82) is 0 Å². The highest BCUT2D eigenvalue weighted by Crippen LogP contribution is 1.90. The summed E-state index contributed by atoms with van der Waals surface area (Å²) in [5.41, 5.74) is 0. The minimum absolute atomic E-state index is 0.388. The van der Waals surface area contributed by atoms with Crippen molar-refractivity contribution in [3.05, 3.63) is 12.2 Å². The summed E-state index contributed by atoms with van der Waals surface area (Å²) in [6.07, 6.45) is 2.96. The zero-order valence-corrected chi connectivity index (χ0v) is 6.20. The molecule has 58 valence electrons. The number of aliphatic hydroxyl groups is 1. The van der Waals surface area contributed by atoms with E-state index in [1.165, 1.54) is 13.2 Å². The molecule has 0 fully saturated rings. The highest BCUT2D eigenvalue weighted by molar-refractivity contribution is 5.81. The first kappa shape index (κ1) is 9.17. The molecule has 0 aliphatic rings. The average Bonchev–Trinajstić information content (AvgIpc) is 1.87. The Hall–Kier alpha value is -0.830. The largest absolute Gasteiger partial charge is 0.466 e. The summed E-state index contributed by atoms with van der Waals surface area (Å²) in [5.74, 6) is -0.388. The molecular formula is C7H12O3. The van der Waals surface area contributed by atoms with Gasteiger partial charge in [0.2, 0.25) is 0 Å². The molecule has 0 aromatic heterocycles. The van der Waals surface area contributed by atoms with E-state index in [1.54, 1.807) is 13.0 Å². The quantitative estimate of drug-likeness (QED) is 0.463. The summed E-state index contributed by atoms with van der Waals surface area (Å²) < 4.78 is 4.32. The fourth-order valence-electron chi connectivity index (χ4n) is 0.429. The minimum atomic E-state index is -0.402. The highest BCUT2D eigenvalue weighted by Gasteiger charge is 1.92. The Morgan fingerprint density at radius 3 is 2.80 bits per heavy atom. The second kappa shape index (κ2) is 4.99. The van der Waals surface area contributed by atoms with Crippen molar-refractivity contribution in [2.45, 2.75) is 19.4 Å². The molecule has 0 spiro atoms. The van der Waals surface area contributed by atoms with E-state index in [-0.39, 0.29) is 5.97 Å². The van der Waals surface area contributed by atoms with E-state index in [1.807, 2.05) is 0 Å². The molecule has 0 aliphatic heterocycles. The molecule has 0 aromatic carbocycles. The Kier molecular flexibility index (Phi) is 4.58. The highest BCUT2D eigenvalue weighted by atomic mass is 16.5. The first-order valence-corrected chi connectivity index (χ1v) is 3.09. The van der Waals surface area contributed by atoms with Gasteiger partial charge < -0.3 is 9.84 Å². The number of rotatable bonds is 3. The van der Waals surface area contributed by atoms with Crippen LogP contribution in [0.5, 0.6) is 0 Å². The molecule has 0 unspecified atom stereocenters. The number of aliphatic hydroxyl groups excluding tert-OH is 1. The Bertz CT molecular complexity index is 127. The molecule has 0 amide bonds. The molecule has 1 atom stereocenters. The normalized spacial score (nSPS) is 13.5. The number of ether oxygens (including phenoxy) is 1. The van der Waals surface area contributed by atoms with Crippen LogP contribution in [0, 0.1) is 0 Å². The van der Waals surface area contributed by atoms with Gasteiger partial charge in [-0.05, 0) is 13.3 Å². The third-order valence-electron chi connectivity index (χ3n) is 0.932. The Morgan fingerprint density at radius 1 is 1.80 bits per heavy atom. The van der Waals surface area contributed by atoms with Crippen molar-refractivity contribution in [2.75, 3.05) is 7.11 Å². The summed E-state index contributed by atoms with van der Waals surface area (Å²) in [6.45, 7) is 1.65. The lowest BCUT2D eigenvalue weighted by atomic mass is 10.3. The van der Waals surface area contributed by atoms with Gasteiger partial charge >= 0.3 is 5.97 Å². The molecule has 0 heterocycles. The molecule has 0 aromatic rings. The van der Waals surface area contributed by atoms with E-state index in [4.69, 9.17) is 5.11 Å². The van der Waals surface area contributed by atoms with Gasteiger partial charge in [-0.25, -0.2) is 4.79 Å². The van der Waals surface area contributed by atoms with Crippen LogP contribution < -0.4 is 0 Å². The van der Waals surface area contributed by atoms with E-state index >= 15 is 0 Å². The van der Waals surface area contributed by atoms with Crippen molar-refractivity contribution < 1.29 is 14.6 Å². The van der Waals surface area contributed by atoms with Gasteiger partial charge in [0.1, 0.15) is 0 Å². The van der Waals surface area contributed by atoms with Crippen LogP contribution >= 0.6 is 0 Å². The first-order chi connectivity index (χ1) is 4.66. The van der Waals surface area contributed by atoms with Crippen LogP contribution in [0.25, 0.3) is 0 Å². The van der Waals surface area contributed by atoms with Crippen molar-refractivity contribution >= 4 is 5.97 Å².